The van der Waals surface area contributed by atoms with E-state index in [4.69, 9.17) is 4.74 Å². The molecule has 2 aliphatic rings. The first-order valence-corrected chi connectivity index (χ1v) is 7.12. The number of anilines is 1. The second kappa shape index (κ2) is 5.17. The van der Waals surface area contributed by atoms with Crippen LogP contribution in [0.15, 0.2) is 18.3 Å². The summed E-state index contributed by atoms with van der Waals surface area (Å²) in [5.41, 5.74) is 1.12. The van der Waals surface area contributed by atoms with E-state index in [-0.39, 0.29) is 0 Å². The van der Waals surface area contributed by atoms with Gasteiger partial charge < -0.3 is 10.1 Å². The van der Waals surface area contributed by atoms with Gasteiger partial charge in [0.15, 0.2) is 0 Å². The Labute approximate surface area is 109 Å². The molecule has 2 saturated carbocycles. The number of hydrogen-bond acceptors (Lipinski definition) is 3. The number of hydrogen-bond donors (Lipinski definition) is 1. The van der Waals surface area contributed by atoms with E-state index in [0.717, 1.165) is 17.5 Å². The largest absolute Gasteiger partial charge is 0.481 e. The molecule has 0 aromatic carbocycles. The predicted molar refractivity (Wildman–Crippen MR) is 72.9 cm³/mol. The number of aromatic nitrogens is 1. The molecule has 0 radical (unpaired) electrons. The maximum absolute atomic E-state index is 5.08. The summed E-state index contributed by atoms with van der Waals surface area (Å²) < 4.78 is 5.08. The molecule has 0 aliphatic heterocycles. The first-order valence-electron chi connectivity index (χ1n) is 7.12. The molecule has 1 N–H and O–H groups in total. The van der Waals surface area contributed by atoms with Crippen molar-refractivity contribution in [1.82, 2.24) is 4.98 Å². The fourth-order valence-electron chi connectivity index (χ4n) is 3.18. The van der Waals surface area contributed by atoms with Gasteiger partial charge in [0, 0.05) is 12.1 Å². The fourth-order valence-corrected chi connectivity index (χ4v) is 3.18. The van der Waals surface area contributed by atoms with Crippen molar-refractivity contribution in [2.45, 2.75) is 44.6 Å². The van der Waals surface area contributed by atoms with E-state index in [0.29, 0.717) is 11.9 Å². The third-order valence-electron chi connectivity index (χ3n) is 4.32. The lowest BCUT2D eigenvalue weighted by molar-refractivity contribution is 0.303. The number of pyridine rings is 1. The average Bonchev–Trinajstić information content (AvgIpc) is 3.24. The average molecular weight is 246 g/mol. The molecule has 0 amide bonds. The molecular weight excluding hydrogens is 224 g/mol. The van der Waals surface area contributed by atoms with Gasteiger partial charge in [-0.1, -0.05) is 12.8 Å². The first-order chi connectivity index (χ1) is 8.85. The van der Waals surface area contributed by atoms with Gasteiger partial charge in [0.2, 0.25) is 5.88 Å². The smallest absolute Gasteiger partial charge is 0.213 e. The van der Waals surface area contributed by atoms with E-state index < -0.39 is 0 Å². The first kappa shape index (κ1) is 11.8. The van der Waals surface area contributed by atoms with E-state index >= 15 is 0 Å². The zero-order valence-electron chi connectivity index (χ0n) is 11.1. The minimum atomic E-state index is 0.638. The van der Waals surface area contributed by atoms with Crippen LogP contribution in [0.1, 0.15) is 38.5 Å². The summed E-state index contributed by atoms with van der Waals surface area (Å²) >= 11 is 0. The highest BCUT2D eigenvalue weighted by Gasteiger charge is 2.34. The Kier molecular flexibility index (Phi) is 3.39. The Hall–Kier alpha value is -1.25. The normalized spacial score (nSPS) is 27.8. The molecule has 0 bridgehead atoms. The monoisotopic (exact) mass is 246 g/mol. The number of ether oxygens (including phenoxy) is 1. The van der Waals surface area contributed by atoms with Crippen molar-refractivity contribution in [2.75, 3.05) is 12.4 Å². The van der Waals surface area contributed by atoms with Gasteiger partial charge in [-0.25, -0.2) is 4.98 Å². The van der Waals surface area contributed by atoms with Gasteiger partial charge in [0.25, 0.3) is 0 Å². The van der Waals surface area contributed by atoms with E-state index in [9.17, 15) is 0 Å². The lowest BCUT2D eigenvalue weighted by atomic mass is 9.82. The zero-order valence-corrected chi connectivity index (χ0v) is 11.1. The molecule has 2 fully saturated rings. The second-order valence-electron chi connectivity index (χ2n) is 5.69. The van der Waals surface area contributed by atoms with E-state index in [1.807, 2.05) is 12.3 Å². The summed E-state index contributed by atoms with van der Waals surface area (Å²) in [6.45, 7) is 0. The lowest BCUT2D eigenvalue weighted by Gasteiger charge is -2.30. The molecular formula is C15H22N2O. The highest BCUT2D eigenvalue weighted by molar-refractivity contribution is 5.43. The van der Waals surface area contributed by atoms with Gasteiger partial charge >= 0.3 is 0 Å². The molecule has 3 nitrogen and oxygen atoms in total. The van der Waals surface area contributed by atoms with Crippen LogP contribution in [0.3, 0.4) is 0 Å². The molecule has 3 rings (SSSR count). The van der Waals surface area contributed by atoms with Crippen LogP contribution >= 0.6 is 0 Å². The summed E-state index contributed by atoms with van der Waals surface area (Å²) in [4.78, 5) is 4.24. The summed E-state index contributed by atoms with van der Waals surface area (Å²) in [6, 6.07) is 4.62. The third kappa shape index (κ3) is 2.77. The number of rotatable bonds is 4. The summed E-state index contributed by atoms with van der Waals surface area (Å²) in [5.74, 6) is 2.70. The molecule has 98 valence electrons. The number of methoxy groups -OCH3 is 1. The van der Waals surface area contributed by atoms with Crippen molar-refractivity contribution >= 4 is 5.69 Å². The van der Waals surface area contributed by atoms with Crippen molar-refractivity contribution < 1.29 is 4.74 Å². The second-order valence-corrected chi connectivity index (χ2v) is 5.69. The van der Waals surface area contributed by atoms with Crippen molar-refractivity contribution in [1.29, 1.82) is 0 Å². The Morgan fingerprint density at radius 3 is 2.72 bits per heavy atom. The molecule has 1 aromatic rings. The van der Waals surface area contributed by atoms with Crippen molar-refractivity contribution in [3.8, 4) is 5.88 Å². The molecule has 1 aromatic heterocycles. The van der Waals surface area contributed by atoms with Gasteiger partial charge in [-0.3, -0.25) is 0 Å². The van der Waals surface area contributed by atoms with Gasteiger partial charge in [-0.05, 0) is 43.6 Å². The van der Waals surface area contributed by atoms with Crippen LogP contribution in [0.25, 0.3) is 0 Å². The van der Waals surface area contributed by atoms with Crippen molar-refractivity contribution in [2.24, 2.45) is 11.8 Å². The minimum absolute atomic E-state index is 0.638. The Morgan fingerprint density at radius 1 is 1.17 bits per heavy atom. The standard InChI is InChI=1S/C15H22N2O/c1-18-15-8-7-14(10-16-15)17-13-4-2-3-12(9-13)11-5-6-11/h7-8,10-13,17H,2-6,9H2,1H3. The van der Waals surface area contributed by atoms with Gasteiger partial charge in [0.1, 0.15) is 0 Å². The zero-order chi connectivity index (χ0) is 12.4. The van der Waals surface area contributed by atoms with Gasteiger partial charge in [-0.2, -0.15) is 0 Å². The molecule has 2 unspecified atom stereocenters. The Balaban J connectivity index is 1.57. The molecule has 2 aliphatic carbocycles. The molecule has 1 heterocycles. The summed E-state index contributed by atoms with van der Waals surface area (Å²) in [7, 11) is 1.65. The minimum Gasteiger partial charge on any atom is -0.481 e. The van der Waals surface area contributed by atoms with Crippen molar-refractivity contribution in [3.05, 3.63) is 18.3 Å². The summed E-state index contributed by atoms with van der Waals surface area (Å²) in [6.07, 6.45) is 10.3. The van der Waals surface area contributed by atoms with E-state index in [1.54, 1.807) is 7.11 Å². The lowest BCUT2D eigenvalue weighted by Crippen LogP contribution is -2.28. The van der Waals surface area contributed by atoms with Crippen LogP contribution in [0.2, 0.25) is 0 Å². The van der Waals surface area contributed by atoms with Crippen LogP contribution in [0.4, 0.5) is 5.69 Å². The van der Waals surface area contributed by atoms with Crippen LogP contribution in [-0.2, 0) is 0 Å². The van der Waals surface area contributed by atoms with Gasteiger partial charge in [0.05, 0.1) is 19.0 Å². The molecule has 2 atom stereocenters. The quantitative estimate of drug-likeness (QED) is 0.883. The van der Waals surface area contributed by atoms with Crippen LogP contribution in [0, 0.1) is 11.8 Å². The maximum Gasteiger partial charge on any atom is 0.213 e. The third-order valence-corrected chi connectivity index (χ3v) is 4.32. The van der Waals surface area contributed by atoms with Crippen LogP contribution in [-0.4, -0.2) is 18.1 Å². The van der Waals surface area contributed by atoms with Crippen LogP contribution < -0.4 is 10.1 Å². The van der Waals surface area contributed by atoms with E-state index in [2.05, 4.69) is 16.4 Å². The molecule has 18 heavy (non-hydrogen) atoms. The topological polar surface area (TPSA) is 34.1 Å². The number of nitrogens with zero attached hydrogens (tertiary/aromatic N) is 1. The van der Waals surface area contributed by atoms with E-state index in [1.165, 1.54) is 38.5 Å². The molecule has 0 saturated heterocycles. The maximum atomic E-state index is 5.08. The highest BCUT2D eigenvalue weighted by Crippen LogP contribution is 2.44. The van der Waals surface area contributed by atoms with Crippen LogP contribution in [0.5, 0.6) is 5.88 Å². The molecule has 0 spiro atoms. The predicted octanol–water partition coefficient (Wildman–Crippen LogP) is 3.47. The number of nitrogens with one attached hydrogen (secondary N) is 1. The Bertz CT molecular complexity index is 386. The van der Waals surface area contributed by atoms with Gasteiger partial charge in [-0.15, -0.1) is 0 Å². The van der Waals surface area contributed by atoms with Crippen molar-refractivity contribution in [3.63, 3.8) is 0 Å². The molecule has 3 heteroatoms. The fraction of sp³-hybridized carbons (Fsp3) is 0.667. The summed E-state index contributed by atoms with van der Waals surface area (Å²) in [5, 5.41) is 3.63. The SMILES string of the molecule is COc1ccc(NC2CCCC(C3CC3)C2)cn1. The highest BCUT2D eigenvalue weighted by atomic mass is 16.5. The Morgan fingerprint density at radius 2 is 2.06 bits per heavy atom.